The summed E-state index contributed by atoms with van der Waals surface area (Å²) in [6.07, 6.45) is 2.99. The van der Waals surface area contributed by atoms with Crippen LogP contribution in [0, 0.1) is 0 Å². The van der Waals surface area contributed by atoms with Gasteiger partial charge in [-0.1, -0.05) is 24.3 Å². The van der Waals surface area contributed by atoms with Gasteiger partial charge in [0.15, 0.2) is 5.82 Å². The van der Waals surface area contributed by atoms with Crippen molar-refractivity contribution in [3.63, 3.8) is 0 Å². The Morgan fingerprint density at radius 2 is 1.80 bits per heavy atom. The van der Waals surface area contributed by atoms with Gasteiger partial charge >= 0.3 is 0 Å². The van der Waals surface area contributed by atoms with Crippen molar-refractivity contribution < 1.29 is 0 Å². The number of rotatable bonds is 0. The molecule has 0 N–H and O–H groups in total. The minimum Gasteiger partial charge on any atom is -0.229 e. The number of nitrogens with zero attached hydrogens (tertiary/aromatic N) is 4. The van der Waals surface area contributed by atoms with E-state index in [1.54, 1.807) is 0 Å². The van der Waals surface area contributed by atoms with Crippen LogP contribution in [0.3, 0.4) is 0 Å². The first-order valence-electron chi connectivity index (χ1n) is 5.25. The molecule has 0 unspecified atom stereocenters. The molecule has 1 aliphatic rings. The molecular weight excluding hydrogens is 188 g/mol. The van der Waals surface area contributed by atoms with Crippen molar-refractivity contribution in [1.29, 1.82) is 0 Å². The monoisotopic (exact) mass is 200 g/mol. The van der Waals surface area contributed by atoms with E-state index < -0.39 is 0 Å². The fourth-order valence-corrected chi connectivity index (χ4v) is 2.09. The molecule has 0 bridgehead atoms. The zero-order valence-electron chi connectivity index (χ0n) is 8.43. The van der Waals surface area contributed by atoms with Gasteiger partial charge in [0.2, 0.25) is 0 Å². The standard InChI is InChI=1S/C11H12N4/c1-2-4-10-7-8-15-11(12-13-14-15)6-5-9(10)3-1/h1-4H,5-8H2. The molecule has 0 spiro atoms. The third-order valence-electron chi connectivity index (χ3n) is 2.94. The summed E-state index contributed by atoms with van der Waals surface area (Å²) < 4.78 is 1.91. The molecule has 1 aromatic heterocycles. The van der Waals surface area contributed by atoms with Gasteiger partial charge in [-0.25, -0.2) is 4.68 Å². The van der Waals surface area contributed by atoms with Gasteiger partial charge in [-0.3, -0.25) is 0 Å². The molecule has 0 amide bonds. The van der Waals surface area contributed by atoms with E-state index in [1.165, 1.54) is 11.1 Å². The molecule has 0 saturated heterocycles. The second-order valence-corrected chi connectivity index (χ2v) is 3.84. The third-order valence-corrected chi connectivity index (χ3v) is 2.94. The molecule has 0 atom stereocenters. The minimum atomic E-state index is 0.888. The van der Waals surface area contributed by atoms with Crippen LogP contribution in [0.15, 0.2) is 24.3 Å². The molecule has 1 aromatic carbocycles. The molecule has 76 valence electrons. The topological polar surface area (TPSA) is 43.6 Å². The first-order valence-corrected chi connectivity index (χ1v) is 5.25. The molecule has 3 rings (SSSR count). The van der Waals surface area contributed by atoms with E-state index in [-0.39, 0.29) is 0 Å². The fourth-order valence-electron chi connectivity index (χ4n) is 2.09. The smallest absolute Gasteiger partial charge is 0.151 e. The molecular formula is C11H12N4. The van der Waals surface area contributed by atoms with E-state index in [1.807, 2.05) is 4.68 Å². The zero-order chi connectivity index (χ0) is 10.1. The Labute approximate surface area is 87.9 Å². The van der Waals surface area contributed by atoms with E-state index in [0.717, 1.165) is 31.6 Å². The van der Waals surface area contributed by atoms with Gasteiger partial charge in [-0.15, -0.1) is 5.10 Å². The summed E-state index contributed by atoms with van der Waals surface area (Å²) in [7, 11) is 0. The molecule has 4 heteroatoms. The molecule has 4 nitrogen and oxygen atoms in total. The number of aromatic nitrogens is 4. The molecule has 0 fully saturated rings. The van der Waals surface area contributed by atoms with Crippen LogP contribution in [0.5, 0.6) is 0 Å². The van der Waals surface area contributed by atoms with Crippen molar-refractivity contribution in [3.05, 3.63) is 41.2 Å². The Hall–Kier alpha value is -1.71. The predicted octanol–water partition coefficient (Wildman–Crippen LogP) is 1.01. The van der Waals surface area contributed by atoms with Gasteiger partial charge in [-0.2, -0.15) is 0 Å². The van der Waals surface area contributed by atoms with Crippen molar-refractivity contribution in [2.45, 2.75) is 25.8 Å². The first kappa shape index (κ1) is 8.59. The van der Waals surface area contributed by atoms with Crippen LogP contribution >= 0.6 is 0 Å². The summed E-state index contributed by atoms with van der Waals surface area (Å²) in [5, 5.41) is 11.7. The van der Waals surface area contributed by atoms with Gasteiger partial charge in [0, 0.05) is 13.0 Å². The van der Waals surface area contributed by atoms with Crippen molar-refractivity contribution in [2.24, 2.45) is 0 Å². The average molecular weight is 200 g/mol. The van der Waals surface area contributed by atoms with Gasteiger partial charge in [0.1, 0.15) is 0 Å². The molecule has 0 aliphatic carbocycles. The second kappa shape index (κ2) is 3.46. The van der Waals surface area contributed by atoms with Gasteiger partial charge in [0.05, 0.1) is 0 Å². The third kappa shape index (κ3) is 1.52. The normalized spacial score (nSPS) is 14.9. The lowest BCUT2D eigenvalue weighted by Gasteiger charge is -2.13. The van der Waals surface area contributed by atoms with Gasteiger partial charge in [-0.05, 0) is 34.4 Å². The number of aryl methyl sites for hydroxylation is 4. The van der Waals surface area contributed by atoms with E-state index in [9.17, 15) is 0 Å². The summed E-state index contributed by atoms with van der Waals surface area (Å²) in [6.45, 7) is 0.888. The van der Waals surface area contributed by atoms with Crippen molar-refractivity contribution in [3.8, 4) is 0 Å². The SMILES string of the molecule is c1ccc2c(c1)CCc1nnnn1CC2. The number of benzene rings is 1. The van der Waals surface area contributed by atoms with Crippen LogP contribution in [0.1, 0.15) is 17.0 Å². The van der Waals surface area contributed by atoms with Gasteiger partial charge in [0.25, 0.3) is 0 Å². The van der Waals surface area contributed by atoms with Crippen LogP contribution in [0.25, 0.3) is 0 Å². The van der Waals surface area contributed by atoms with Crippen molar-refractivity contribution >= 4 is 0 Å². The van der Waals surface area contributed by atoms with E-state index in [0.29, 0.717) is 0 Å². The molecule has 0 radical (unpaired) electrons. The number of tetrazole rings is 1. The Kier molecular flexibility index (Phi) is 1.98. The van der Waals surface area contributed by atoms with Crippen LogP contribution in [-0.4, -0.2) is 20.2 Å². The van der Waals surface area contributed by atoms with Crippen molar-refractivity contribution in [1.82, 2.24) is 20.2 Å². The average Bonchev–Trinajstić information content (AvgIpc) is 2.68. The first-order chi connectivity index (χ1) is 7.43. The molecule has 2 aromatic rings. The van der Waals surface area contributed by atoms with Gasteiger partial charge < -0.3 is 0 Å². The lowest BCUT2D eigenvalue weighted by Crippen LogP contribution is -2.13. The van der Waals surface area contributed by atoms with Crippen LogP contribution in [-0.2, 0) is 25.8 Å². The summed E-state index contributed by atoms with van der Waals surface area (Å²) in [5.74, 6) is 1.00. The Bertz CT molecular complexity index is 433. The Morgan fingerprint density at radius 3 is 2.67 bits per heavy atom. The summed E-state index contributed by atoms with van der Waals surface area (Å²) in [4.78, 5) is 0. The largest absolute Gasteiger partial charge is 0.229 e. The van der Waals surface area contributed by atoms with Crippen LogP contribution in [0.2, 0.25) is 0 Å². The Balaban J connectivity index is 1.96. The maximum atomic E-state index is 4.03. The number of hydrogen-bond donors (Lipinski definition) is 0. The second-order valence-electron chi connectivity index (χ2n) is 3.84. The quantitative estimate of drug-likeness (QED) is 0.637. The highest BCUT2D eigenvalue weighted by atomic mass is 15.5. The highest BCUT2D eigenvalue weighted by Gasteiger charge is 2.12. The number of hydrogen-bond acceptors (Lipinski definition) is 3. The number of fused-ring (bicyclic) bond motifs is 2. The lowest BCUT2D eigenvalue weighted by atomic mass is 9.99. The highest BCUT2D eigenvalue weighted by Crippen LogP contribution is 2.15. The highest BCUT2D eigenvalue weighted by molar-refractivity contribution is 5.28. The maximum Gasteiger partial charge on any atom is 0.151 e. The minimum absolute atomic E-state index is 0.888. The van der Waals surface area contributed by atoms with Crippen LogP contribution < -0.4 is 0 Å². The van der Waals surface area contributed by atoms with Crippen molar-refractivity contribution in [2.75, 3.05) is 0 Å². The van der Waals surface area contributed by atoms with E-state index in [4.69, 9.17) is 0 Å². The fraction of sp³-hybridized carbons (Fsp3) is 0.364. The maximum absolute atomic E-state index is 4.03. The summed E-state index contributed by atoms with van der Waals surface area (Å²) in [6, 6.07) is 8.60. The molecule has 0 saturated carbocycles. The van der Waals surface area contributed by atoms with Crippen LogP contribution in [0.4, 0.5) is 0 Å². The van der Waals surface area contributed by atoms with E-state index in [2.05, 4.69) is 39.8 Å². The molecule has 2 heterocycles. The lowest BCUT2D eigenvalue weighted by molar-refractivity contribution is 0.551. The molecule has 15 heavy (non-hydrogen) atoms. The zero-order valence-corrected chi connectivity index (χ0v) is 8.43. The molecule has 1 aliphatic heterocycles. The summed E-state index contributed by atoms with van der Waals surface area (Å²) >= 11 is 0. The summed E-state index contributed by atoms with van der Waals surface area (Å²) in [5.41, 5.74) is 2.87. The predicted molar refractivity (Wildman–Crippen MR) is 55.4 cm³/mol. The Morgan fingerprint density at radius 1 is 1.00 bits per heavy atom. The van der Waals surface area contributed by atoms with E-state index >= 15 is 0 Å².